The number of nitrogens with one attached hydrogen (secondary N) is 2. The van der Waals surface area contributed by atoms with E-state index < -0.39 is 0 Å². The van der Waals surface area contributed by atoms with E-state index in [1.165, 1.54) is 6.07 Å². The maximum absolute atomic E-state index is 12.7. The number of nitro benzene ring substituents is 1. The number of urea groups is 1. The van der Waals surface area contributed by atoms with Crippen LogP contribution in [0, 0.1) is 17.0 Å². The third-order valence-corrected chi connectivity index (χ3v) is 4.96. The minimum absolute atomic E-state index is 0.0782. The van der Waals surface area contributed by atoms with E-state index in [-0.39, 0.29) is 16.6 Å². The molecule has 0 saturated carbocycles. The quantitative estimate of drug-likeness (QED) is 0.507. The Labute approximate surface area is 172 Å². The number of aromatic amines is 1. The van der Waals surface area contributed by atoms with E-state index in [1.54, 1.807) is 23.1 Å². The van der Waals surface area contributed by atoms with Crippen LogP contribution in [-0.2, 0) is 0 Å². The highest BCUT2D eigenvalue weighted by Crippen LogP contribution is 2.28. The summed E-state index contributed by atoms with van der Waals surface area (Å²) in [5.41, 5.74) is 2.12. The first kappa shape index (κ1) is 19.4. The van der Waals surface area contributed by atoms with Gasteiger partial charge >= 0.3 is 6.03 Å². The second kappa shape index (κ2) is 8.19. The molecule has 0 radical (unpaired) electrons. The highest BCUT2D eigenvalue weighted by Gasteiger charge is 2.25. The molecule has 2 aromatic carbocycles. The van der Waals surface area contributed by atoms with E-state index >= 15 is 0 Å². The normalized spacial score (nSPS) is 13.9. The van der Waals surface area contributed by atoms with E-state index in [9.17, 15) is 14.9 Å². The molecular weight excluding hydrogens is 386 g/mol. The van der Waals surface area contributed by atoms with Crippen LogP contribution in [0.25, 0.3) is 11.4 Å². The third kappa shape index (κ3) is 4.07. The molecule has 1 saturated heterocycles. The van der Waals surface area contributed by atoms with E-state index in [0.29, 0.717) is 43.4 Å². The number of rotatable bonds is 4. The molecule has 1 aliphatic rings. The van der Waals surface area contributed by atoms with E-state index in [4.69, 9.17) is 0 Å². The van der Waals surface area contributed by atoms with Crippen LogP contribution >= 0.6 is 0 Å². The summed E-state index contributed by atoms with van der Waals surface area (Å²) in [6, 6.07) is 13.8. The number of para-hydroxylation sites is 2. The molecule has 4 rings (SSSR count). The molecule has 1 fully saturated rings. The zero-order valence-electron chi connectivity index (χ0n) is 16.4. The molecule has 0 spiro atoms. The van der Waals surface area contributed by atoms with Crippen LogP contribution in [0.1, 0.15) is 5.82 Å². The Morgan fingerprint density at radius 3 is 2.60 bits per heavy atom. The van der Waals surface area contributed by atoms with Gasteiger partial charge in [0, 0.05) is 43.5 Å². The SMILES string of the molecule is Cc1nc(-c2cccc(NC(=O)N3CCN(c4ccccc4[N+](=O)[O-])CC3)c2)n[nH]1. The zero-order chi connectivity index (χ0) is 21.1. The first-order valence-electron chi connectivity index (χ1n) is 9.55. The average Bonchev–Trinajstić information content (AvgIpc) is 3.20. The molecule has 10 nitrogen and oxygen atoms in total. The van der Waals surface area contributed by atoms with Crippen LogP contribution in [-0.4, -0.2) is 57.2 Å². The van der Waals surface area contributed by atoms with Gasteiger partial charge in [-0.3, -0.25) is 15.2 Å². The van der Waals surface area contributed by atoms with Gasteiger partial charge in [-0.2, -0.15) is 5.10 Å². The standard InChI is InChI=1S/C20H21N7O3/c1-14-21-19(24-23-14)15-5-4-6-16(13-15)22-20(28)26-11-9-25(10-12-26)17-7-2-3-8-18(17)27(29)30/h2-8,13H,9-12H2,1H3,(H,22,28)(H,21,23,24). The van der Waals surface area contributed by atoms with Crippen molar-refractivity contribution in [2.24, 2.45) is 0 Å². The Morgan fingerprint density at radius 2 is 1.90 bits per heavy atom. The van der Waals surface area contributed by atoms with Gasteiger partial charge in [0.25, 0.3) is 5.69 Å². The molecule has 1 aliphatic heterocycles. The molecule has 0 aliphatic carbocycles. The van der Waals surface area contributed by atoms with E-state index in [1.807, 2.05) is 36.1 Å². The number of piperazine rings is 1. The maximum Gasteiger partial charge on any atom is 0.321 e. The van der Waals surface area contributed by atoms with Crippen molar-refractivity contribution in [2.45, 2.75) is 6.92 Å². The van der Waals surface area contributed by atoms with Crippen molar-refractivity contribution in [3.63, 3.8) is 0 Å². The summed E-state index contributed by atoms with van der Waals surface area (Å²) >= 11 is 0. The summed E-state index contributed by atoms with van der Waals surface area (Å²) in [5, 5.41) is 21.1. The van der Waals surface area contributed by atoms with Crippen LogP contribution in [0.2, 0.25) is 0 Å². The number of amides is 2. The molecule has 0 unspecified atom stereocenters. The molecule has 10 heteroatoms. The molecule has 0 bridgehead atoms. The average molecular weight is 407 g/mol. The Morgan fingerprint density at radius 1 is 1.13 bits per heavy atom. The predicted molar refractivity (Wildman–Crippen MR) is 112 cm³/mol. The summed E-state index contributed by atoms with van der Waals surface area (Å²) in [6.07, 6.45) is 0. The molecule has 3 aromatic rings. The predicted octanol–water partition coefficient (Wildman–Crippen LogP) is 3.04. The largest absolute Gasteiger partial charge is 0.362 e. The highest BCUT2D eigenvalue weighted by atomic mass is 16.6. The Hall–Kier alpha value is -3.95. The lowest BCUT2D eigenvalue weighted by molar-refractivity contribution is -0.384. The zero-order valence-corrected chi connectivity index (χ0v) is 16.4. The summed E-state index contributed by atoms with van der Waals surface area (Å²) in [7, 11) is 0. The molecule has 154 valence electrons. The second-order valence-corrected chi connectivity index (χ2v) is 6.98. The lowest BCUT2D eigenvalue weighted by Gasteiger charge is -2.35. The van der Waals surface area contributed by atoms with Gasteiger partial charge in [-0.25, -0.2) is 9.78 Å². The van der Waals surface area contributed by atoms with Crippen LogP contribution in [0.5, 0.6) is 0 Å². The molecule has 1 aromatic heterocycles. The van der Waals surface area contributed by atoms with Gasteiger partial charge in [-0.15, -0.1) is 0 Å². The number of aromatic nitrogens is 3. The van der Waals surface area contributed by atoms with Gasteiger partial charge < -0.3 is 15.1 Å². The van der Waals surface area contributed by atoms with Crippen molar-refractivity contribution in [2.75, 3.05) is 36.4 Å². The summed E-state index contributed by atoms with van der Waals surface area (Å²) < 4.78 is 0. The van der Waals surface area contributed by atoms with Crippen LogP contribution in [0.3, 0.4) is 0 Å². The van der Waals surface area contributed by atoms with Crippen molar-refractivity contribution in [1.29, 1.82) is 0 Å². The molecule has 2 N–H and O–H groups in total. The molecule has 30 heavy (non-hydrogen) atoms. The fourth-order valence-electron chi connectivity index (χ4n) is 3.45. The monoisotopic (exact) mass is 407 g/mol. The Bertz CT molecular complexity index is 1070. The van der Waals surface area contributed by atoms with Crippen molar-refractivity contribution in [3.05, 3.63) is 64.5 Å². The lowest BCUT2D eigenvalue weighted by atomic mass is 10.2. The maximum atomic E-state index is 12.7. The number of carbonyl (C=O) groups is 1. The van der Waals surface area contributed by atoms with Crippen molar-refractivity contribution in [1.82, 2.24) is 20.1 Å². The molecule has 0 atom stereocenters. The van der Waals surface area contributed by atoms with Gasteiger partial charge in [0.2, 0.25) is 0 Å². The highest BCUT2D eigenvalue weighted by molar-refractivity contribution is 5.90. The number of hydrogen-bond acceptors (Lipinski definition) is 6. The number of benzene rings is 2. The van der Waals surface area contributed by atoms with Crippen LogP contribution in [0.4, 0.5) is 21.9 Å². The number of hydrogen-bond donors (Lipinski definition) is 2. The van der Waals surface area contributed by atoms with Crippen LogP contribution in [0.15, 0.2) is 48.5 Å². The van der Waals surface area contributed by atoms with E-state index in [0.717, 1.165) is 11.4 Å². The van der Waals surface area contributed by atoms with Gasteiger partial charge in [0.05, 0.1) is 4.92 Å². The number of nitro groups is 1. The number of H-pyrrole nitrogens is 1. The Kier molecular flexibility index (Phi) is 5.29. The summed E-state index contributed by atoms with van der Waals surface area (Å²) in [4.78, 5) is 31.5. The van der Waals surface area contributed by atoms with Gasteiger partial charge in [0.15, 0.2) is 5.82 Å². The molecule has 2 heterocycles. The number of anilines is 2. The minimum atomic E-state index is -0.378. The molecule has 2 amide bonds. The van der Waals surface area contributed by atoms with Crippen LogP contribution < -0.4 is 10.2 Å². The Balaban J connectivity index is 1.39. The van der Waals surface area contributed by atoms with E-state index in [2.05, 4.69) is 20.5 Å². The van der Waals surface area contributed by atoms with Gasteiger partial charge in [-0.1, -0.05) is 24.3 Å². The third-order valence-electron chi connectivity index (χ3n) is 4.96. The first-order chi connectivity index (χ1) is 14.5. The number of aryl methyl sites for hydroxylation is 1. The van der Waals surface area contributed by atoms with Gasteiger partial charge in [-0.05, 0) is 25.1 Å². The number of carbonyl (C=O) groups excluding carboxylic acids is 1. The fraction of sp³-hybridized carbons (Fsp3) is 0.250. The topological polar surface area (TPSA) is 120 Å². The van der Waals surface area contributed by atoms with Gasteiger partial charge in [0.1, 0.15) is 11.5 Å². The van der Waals surface area contributed by atoms with Crippen molar-refractivity contribution in [3.8, 4) is 11.4 Å². The fourth-order valence-corrected chi connectivity index (χ4v) is 3.45. The smallest absolute Gasteiger partial charge is 0.321 e. The lowest BCUT2D eigenvalue weighted by Crippen LogP contribution is -2.50. The summed E-state index contributed by atoms with van der Waals surface area (Å²) in [6.45, 7) is 3.81. The number of nitrogens with zero attached hydrogens (tertiary/aromatic N) is 5. The first-order valence-corrected chi connectivity index (χ1v) is 9.55. The molecular formula is C20H21N7O3. The van der Waals surface area contributed by atoms with Crippen molar-refractivity contribution < 1.29 is 9.72 Å². The van der Waals surface area contributed by atoms with Crippen molar-refractivity contribution >= 4 is 23.1 Å². The second-order valence-electron chi connectivity index (χ2n) is 6.98. The minimum Gasteiger partial charge on any atom is -0.362 e. The summed E-state index contributed by atoms with van der Waals surface area (Å²) in [5.74, 6) is 1.29.